The van der Waals surface area contributed by atoms with Gasteiger partial charge >= 0.3 is 0 Å². The van der Waals surface area contributed by atoms with E-state index in [0.717, 1.165) is 38.9 Å². The molecule has 26 heavy (non-hydrogen) atoms. The lowest BCUT2D eigenvalue weighted by atomic mass is 10.4. The monoisotopic (exact) mass is 380 g/mol. The Kier molecular flexibility index (Phi) is 22.5. The van der Waals surface area contributed by atoms with E-state index < -0.39 is 6.10 Å². The first kappa shape index (κ1) is 25.7. The van der Waals surface area contributed by atoms with Gasteiger partial charge in [-0.25, -0.2) is 0 Å². The fourth-order valence-corrected chi connectivity index (χ4v) is 1.86. The lowest BCUT2D eigenvalue weighted by Crippen LogP contribution is -2.24. The van der Waals surface area contributed by atoms with E-state index >= 15 is 0 Å². The van der Waals surface area contributed by atoms with Crippen LogP contribution in [0.15, 0.2) is 0 Å². The van der Waals surface area contributed by atoms with Crippen LogP contribution in [0.2, 0.25) is 0 Å². The second-order valence-electron chi connectivity index (χ2n) is 5.96. The van der Waals surface area contributed by atoms with E-state index in [0.29, 0.717) is 52.9 Å². The van der Waals surface area contributed by atoms with Crippen molar-refractivity contribution in [3.63, 3.8) is 0 Å². The molecule has 0 bridgehead atoms. The molecule has 0 aliphatic heterocycles. The van der Waals surface area contributed by atoms with Gasteiger partial charge in [-0.15, -0.1) is 0 Å². The molecule has 0 saturated carbocycles. The third-order valence-corrected chi connectivity index (χ3v) is 3.39. The predicted molar refractivity (Wildman–Crippen MR) is 101 cm³/mol. The second kappa shape index (κ2) is 22.8. The molecule has 0 radical (unpaired) electrons. The first-order valence-electron chi connectivity index (χ1n) is 9.95. The van der Waals surface area contributed by atoms with Crippen LogP contribution >= 0.6 is 0 Å². The molecular formula is C19H40O7. The average molecular weight is 381 g/mol. The Morgan fingerprint density at radius 2 is 0.808 bits per heavy atom. The molecule has 7 heteroatoms. The summed E-state index contributed by atoms with van der Waals surface area (Å²) in [5, 5.41) is 9.70. The maximum atomic E-state index is 9.70. The van der Waals surface area contributed by atoms with Crippen LogP contribution in [0.1, 0.15) is 39.5 Å². The molecule has 0 aromatic carbocycles. The highest BCUT2D eigenvalue weighted by atomic mass is 16.6. The van der Waals surface area contributed by atoms with Crippen LogP contribution in [0.3, 0.4) is 0 Å². The minimum Gasteiger partial charge on any atom is -0.388 e. The van der Waals surface area contributed by atoms with Crippen LogP contribution in [0.4, 0.5) is 0 Å². The summed E-state index contributed by atoms with van der Waals surface area (Å²) < 4.78 is 32.2. The largest absolute Gasteiger partial charge is 0.388 e. The van der Waals surface area contributed by atoms with Gasteiger partial charge in [0.05, 0.1) is 66.1 Å². The van der Waals surface area contributed by atoms with Crippen molar-refractivity contribution < 1.29 is 33.5 Å². The fourth-order valence-electron chi connectivity index (χ4n) is 1.86. The minimum atomic E-state index is -0.623. The van der Waals surface area contributed by atoms with Crippen molar-refractivity contribution in [2.24, 2.45) is 0 Å². The van der Waals surface area contributed by atoms with Crippen LogP contribution in [0, 0.1) is 0 Å². The zero-order chi connectivity index (χ0) is 19.1. The van der Waals surface area contributed by atoms with Gasteiger partial charge in [0.25, 0.3) is 0 Å². The van der Waals surface area contributed by atoms with Gasteiger partial charge in [0.15, 0.2) is 0 Å². The van der Waals surface area contributed by atoms with E-state index in [4.69, 9.17) is 28.4 Å². The third kappa shape index (κ3) is 21.8. The smallest absolute Gasteiger partial charge is 0.101 e. The molecule has 0 aliphatic rings. The number of hydrogen-bond donors (Lipinski definition) is 1. The normalized spacial score (nSPS) is 12.6. The van der Waals surface area contributed by atoms with Gasteiger partial charge < -0.3 is 33.5 Å². The Bertz CT molecular complexity index is 254. The van der Waals surface area contributed by atoms with Gasteiger partial charge in [0, 0.05) is 13.2 Å². The summed E-state index contributed by atoms with van der Waals surface area (Å²) in [5.41, 5.74) is 0. The molecule has 0 fully saturated rings. The number of aliphatic hydroxyl groups excluding tert-OH is 1. The molecule has 0 amide bonds. The fraction of sp³-hybridized carbons (Fsp3) is 1.00. The summed E-state index contributed by atoms with van der Waals surface area (Å²) in [6.45, 7) is 10.6. The number of hydrogen-bond acceptors (Lipinski definition) is 7. The standard InChI is InChI=1S/C19H40O7/c1-3-5-7-21-9-10-23-11-12-24-14-16-26-18-19(20)17-25-15-13-22-8-6-4-2/h19-20H,3-18H2,1-2H3/t19-/m0/s1. The van der Waals surface area contributed by atoms with E-state index in [9.17, 15) is 5.11 Å². The van der Waals surface area contributed by atoms with Crippen molar-refractivity contribution >= 4 is 0 Å². The summed E-state index contributed by atoms with van der Waals surface area (Å²) in [5.74, 6) is 0. The topological polar surface area (TPSA) is 75.6 Å². The van der Waals surface area contributed by atoms with E-state index in [1.54, 1.807) is 0 Å². The van der Waals surface area contributed by atoms with E-state index in [2.05, 4.69) is 13.8 Å². The number of ether oxygens (including phenoxy) is 6. The van der Waals surface area contributed by atoms with Gasteiger partial charge in [-0.1, -0.05) is 26.7 Å². The zero-order valence-electron chi connectivity index (χ0n) is 16.8. The Morgan fingerprint density at radius 1 is 0.500 bits per heavy atom. The molecule has 0 heterocycles. The maximum absolute atomic E-state index is 9.70. The van der Waals surface area contributed by atoms with Crippen LogP contribution in [0.5, 0.6) is 0 Å². The van der Waals surface area contributed by atoms with E-state index in [-0.39, 0.29) is 13.2 Å². The van der Waals surface area contributed by atoms with Crippen LogP contribution in [-0.4, -0.2) is 90.5 Å². The molecule has 1 atom stereocenters. The average Bonchev–Trinajstić information content (AvgIpc) is 2.64. The molecule has 0 aliphatic carbocycles. The number of aliphatic hydroxyl groups is 1. The quantitative estimate of drug-likeness (QED) is 0.288. The molecule has 0 aromatic rings. The Labute approximate surface area is 159 Å². The molecule has 0 spiro atoms. The van der Waals surface area contributed by atoms with Crippen molar-refractivity contribution in [2.45, 2.75) is 45.6 Å². The minimum absolute atomic E-state index is 0.242. The summed E-state index contributed by atoms with van der Waals surface area (Å²) in [6, 6.07) is 0. The summed E-state index contributed by atoms with van der Waals surface area (Å²) in [4.78, 5) is 0. The van der Waals surface area contributed by atoms with Crippen LogP contribution < -0.4 is 0 Å². The molecular weight excluding hydrogens is 340 g/mol. The second-order valence-corrected chi connectivity index (χ2v) is 5.96. The molecule has 0 saturated heterocycles. The van der Waals surface area contributed by atoms with Gasteiger partial charge in [0.1, 0.15) is 6.10 Å². The third-order valence-electron chi connectivity index (χ3n) is 3.39. The molecule has 0 unspecified atom stereocenters. The Morgan fingerprint density at radius 3 is 1.15 bits per heavy atom. The van der Waals surface area contributed by atoms with Crippen molar-refractivity contribution in [3.05, 3.63) is 0 Å². The van der Waals surface area contributed by atoms with Crippen LogP contribution in [0.25, 0.3) is 0 Å². The maximum Gasteiger partial charge on any atom is 0.101 e. The van der Waals surface area contributed by atoms with Crippen molar-refractivity contribution in [2.75, 3.05) is 79.3 Å². The lowest BCUT2D eigenvalue weighted by Gasteiger charge is -2.12. The SMILES string of the molecule is CCCCOCCOCCOCCOC[C@@H](O)COCCOCCCC. The molecule has 158 valence electrons. The molecule has 1 N–H and O–H groups in total. The van der Waals surface area contributed by atoms with Crippen LogP contribution in [-0.2, 0) is 28.4 Å². The number of unbranched alkanes of at least 4 members (excludes halogenated alkanes) is 2. The Balaban J connectivity index is 3.10. The number of rotatable bonds is 22. The lowest BCUT2D eigenvalue weighted by molar-refractivity contribution is -0.0455. The van der Waals surface area contributed by atoms with Gasteiger partial charge in [-0.3, -0.25) is 0 Å². The summed E-state index contributed by atoms with van der Waals surface area (Å²) in [6.07, 6.45) is 3.81. The predicted octanol–water partition coefficient (Wildman–Crippen LogP) is 2.05. The van der Waals surface area contributed by atoms with Crippen molar-refractivity contribution in [1.29, 1.82) is 0 Å². The molecule has 7 nitrogen and oxygen atoms in total. The highest BCUT2D eigenvalue weighted by Crippen LogP contribution is 1.91. The summed E-state index contributed by atoms with van der Waals surface area (Å²) in [7, 11) is 0. The Hall–Kier alpha value is -0.280. The highest BCUT2D eigenvalue weighted by molar-refractivity contribution is 4.51. The van der Waals surface area contributed by atoms with Crippen molar-refractivity contribution in [1.82, 2.24) is 0 Å². The molecule has 0 rings (SSSR count). The zero-order valence-corrected chi connectivity index (χ0v) is 16.8. The van der Waals surface area contributed by atoms with Gasteiger partial charge in [0.2, 0.25) is 0 Å². The highest BCUT2D eigenvalue weighted by Gasteiger charge is 2.04. The first-order valence-corrected chi connectivity index (χ1v) is 9.95. The first-order chi connectivity index (χ1) is 12.8. The van der Waals surface area contributed by atoms with E-state index in [1.165, 1.54) is 0 Å². The summed E-state index contributed by atoms with van der Waals surface area (Å²) >= 11 is 0. The van der Waals surface area contributed by atoms with Gasteiger partial charge in [-0.2, -0.15) is 0 Å². The molecule has 0 aromatic heterocycles. The van der Waals surface area contributed by atoms with Crippen molar-refractivity contribution in [3.8, 4) is 0 Å². The van der Waals surface area contributed by atoms with Gasteiger partial charge in [-0.05, 0) is 12.8 Å². The van der Waals surface area contributed by atoms with E-state index in [1.807, 2.05) is 0 Å².